The molecule has 0 bridgehead atoms. The van der Waals surface area contributed by atoms with E-state index in [0.29, 0.717) is 23.8 Å². The molecule has 2 unspecified atom stereocenters. The Hall–Kier alpha value is -3.35. The van der Waals surface area contributed by atoms with E-state index in [-0.39, 0.29) is 23.9 Å². The third kappa shape index (κ3) is 4.96. The fourth-order valence-corrected chi connectivity index (χ4v) is 5.38. The van der Waals surface area contributed by atoms with Crippen molar-refractivity contribution in [2.24, 2.45) is 0 Å². The molecule has 0 radical (unpaired) electrons. The van der Waals surface area contributed by atoms with Gasteiger partial charge in [0.25, 0.3) is 0 Å². The Morgan fingerprint density at radius 3 is 2.57 bits per heavy atom. The minimum atomic E-state index is -0.734. The van der Waals surface area contributed by atoms with Gasteiger partial charge in [0.15, 0.2) is 17.7 Å². The van der Waals surface area contributed by atoms with Gasteiger partial charge in [-0.2, -0.15) is 0 Å². The van der Waals surface area contributed by atoms with Crippen molar-refractivity contribution in [3.8, 4) is 28.4 Å². The van der Waals surface area contributed by atoms with Crippen LogP contribution >= 0.6 is 12.4 Å². The first-order valence-electron chi connectivity index (χ1n) is 12.4. The fourth-order valence-electron chi connectivity index (χ4n) is 5.38. The van der Waals surface area contributed by atoms with Crippen molar-refractivity contribution in [3.05, 3.63) is 89.5 Å². The molecular formula is C30H28ClF2NO3. The summed E-state index contributed by atoms with van der Waals surface area (Å²) in [6.07, 6.45) is 4.05. The molecular weight excluding hydrogens is 496 g/mol. The SMILES string of the molecule is Cl.Oc1ccc2c3c(ccc2c1)-c1cc(F)cc(F)c1OC3c1ccc(OCCC2CCCCN2)cc1. The molecule has 0 amide bonds. The van der Waals surface area contributed by atoms with Crippen LogP contribution in [0.4, 0.5) is 8.78 Å². The van der Waals surface area contributed by atoms with Gasteiger partial charge in [0.1, 0.15) is 17.3 Å². The summed E-state index contributed by atoms with van der Waals surface area (Å²) in [5.41, 5.74) is 2.72. The van der Waals surface area contributed by atoms with E-state index in [1.54, 1.807) is 12.1 Å². The number of benzene rings is 4. The summed E-state index contributed by atoms with van der Waals surface area (Å²) in [4.78, 5) is 0. The van der Waals surface area contributed by atoms with Gasteiger partial charge in [0.2, 0.25) is 0 Å². The number of ether oxygens (including phenoxy) is 2. The summed E-state index contributed by atoms with van der Waals surface area (Å²) >= 11 is 0. The number of hydrogen-bond acceptors (Lipinski definition) is 4. The van der Waals surface area contributed by atoms with Crippen LogP contribution in [0.5, 0.6) is 17.2 Å². The van der Waals surface area contributed by atoms with Gasteiger partial charge in [0.05, 0.1) is 6.61 Å². The van der Waals surface area contributed by atoms with Crippen molar-refractivity contribution in [1.29, 1.82) is 0 Å². The highest BCUT2D eigenvalue weighted by atomic mass is 35.5. The average Bonchev–Trinajstić information content (AvgIpc) is 2.89. The molecule has 2 aliphatic rings. The number of aromatic hydroxyl groups is 1. The molecule has 1 saturated heterocycles. The van der Waals surface area contributed by atoms with Crippen molar-refractivity contribution in [1.82, 2.24) is 5.32 Å². The van der Waals surface area contributed by atoms with E-state index in [1.165, 1.54) is 25.3 Å². The second-order valence-electron chi connectivity index (χ2n) is 9.55. The molecule has 6 rings (SSSR count). The Kier molecular flexibility index (Phi) is 7.22. The largest absolute Gasteiger partial charge is 0.508 e. The Labute approximate surface area is 220 Å². The Morgan fingerprint density at radius 1 is 0.946 bits per heavy atom. The molecule has 1 fully saturated rings. The second kappa shape index (κ2) is 10.6. The highest BCUT2D eigenvalue weighted by molar-refractivity contribution is 5.95. The van der Waals surface area contributed by atoms with Crippen LogP contribution in [0.25, 0.3) is 21.9 Å². The summed E-state index contributed by atoms with van der Waals surface area (Å²) in [5, 5.41) is 15.2. The molecule has 0 saturated carbocycles. The lowest BCUT2D eigenvalue weighted by Gasteiger charge is -2.31. The quantitative estimate of drug-likeness (QED) is 0.288. The minimum absolute atomic E-state index is 0. The Bertz CT molecular complexity index is 1420. The molecule has 192 valence electrons. The molecule has 2 atom stereocenters. The smallest absolute Gasteiger partial charge is 0.168 e. The molecule has 0 spiro atoms. The molecule has 4 aromatic carbocycles. The zero-order valence-electron chi connectivity index (χ0n) is 20.2. The first-order chi connectivity index (χ1) is 17.6. The molecule has 4 aromatic rings. The van der Waals surface area contributed by atoms with E-state index >= 15 is 0 Å². The van der Waals surface area contributed by atoms with Crippen LogP contribution in [0.15, 0.2) is 66.7 Å². The number of phenols is 1. The Morgan fingerprint density at radius 2 is 1.78 bits per heavy atom. The van der Waals surface area contributed by atoms with E-state index in [2.05, 4.69) is 5.32 Å². The van der Waals surface area contributed by atoms with Gasteiger partial charge < -0.3 is 19.9 Å². The monoisotopic (exact) mass is 523 g/mol. The summed E-state index contributed by atoms with van der Waals surface area (Å²) in [6.45, 7) is 1.71. The van der Waals surface area contributed by atoms with Crippen LogP contribution in [-0.2, 0) is 0 Å². The van der Waals surface area contributed by atoms with Crippen LogP contribution < -0.4 is 14.8 Å². The van der Waals surface area contributed by atoms with E-state index in [9.17, 15) is 13.9 Å². The zero-order valence-corrected chi connectivity index (χ0v) is 21.0. The van der Waals surface area contributed by atoms with Crippen LogP contribution in [0.1, 0.15) is 42.9 Å². The van der Waals surface area contributed by atoms with Crippen LogP contribution in [0.3, 0.4) is 0 Å². The normalized spacial score (nSPS) is 18.3. The van der Waals surface area contributed by atoms with Gasteiger partial charge in [-0.25, -0.2) is 8.78 Å². The van der Waals surface area contributed by atoms with Gasteiger partial charge in [-0.15, -0.1) is 12.4 Å². The molecule has 7 heteroatoms. The van der Waals surface area contributed by atoms with Gasteiger partial charge in [-0.3, -0.25) is 0 Å². The highest BCUT2D eigenvalue weighted by Crippen LogP contribution is 2.49. The summed E-state index contributed by atoms with van der Waals surface area (Å²) in [5.74, 6) is -0.440. The summed E-state index contributed by atoms with van der Waals surface area (Å²) in [7, 11) is 0. The zero-order chi connectivity index (χ0) is 24.6. The topological polar surface area (TPSA) is 50.7 Å². The van der Waals surface area contributed by atoms with Crippen molar-refractivity contribution >= 4 is 23.2 Å². The van der Waals surface area contributed by atoms with Gasteiger partial charge >= 0.3 is 0 Å². The molecule has 37 heavy (non-hydrogen) atoms. The molecule has 2 aliphatic heterocycles. The maximum atomic E-state index is 14.8. The van der Waals surface area contributed by atoms with Crippen molar-refractivity contribution in [3.63, 3.8) is 0 Å². The predicted octanol–water partition coefficient (Wildman–Crippen LogP) is 7.31. The molecule has 2 N–H and O–H groups in total. The number of piperidine rings is 1. The van der Waals surface area contributed by atoms with Gasteiger partial charge in [-0.05, 0) is 78.0 Å². The molecule has 4 nitrogen and oxygen atoms in total. The average molecular weight is 524 g/mol. The second-order valence-corrected chi connectivity index (χ2v) is 9.55. The van der Waals surface area contributed by atoms with Gasteiger partial charge in [0, 0.05) is 23.2 Å². The maximum Gasteiger partial charge on any atom is 0.168 e. The first-order valence-corrected chi connectivity index (χ1v) is 12.4. The van der Waals surface area contributed by atoms with Crippen LogP contribution in [0.2, 0.25) is 0 Å². The van der Waals surface area contributed by atoms with Gasteiger partial charge in [-0.1, -0.05) is 36.8 Å². The summed E-state index contributed by atoms with van der Waals surface area (Å²) < 4.78 is 41.2. The standard InChI is InChI=1S/C30H27F2NO3.ClH/c31-20-16-26-25-10-6-19-15-22(34)7-11-24(19)28(25)29(36-30(26)27(32)17-20)18-4-8-23(9-5-18)35-14-12-21-3-1-2-13-33-21;/h4-11,15-17,21,29,33-34H,1-3,12-14H2;1H. The molecule has 0 aromatic heterocycles. The lowest BCUT2D eigenvalue weighted by molar-refractivity contribution is 0.232. The fraction of sp³-hybridized carbons (Fsp3) is 0.267. The van der Waals surface area contributed by atoms with Crippen LogP contribution in [0, 0.1) is 11.6 Å². The lowest BCUT2D eigenvalue weighted by atomic mass is 9.86. The van der Waals surface area contributed by atoms with Crippen molar-refractivity contribution in [2.45, 2.75) is 37.8 Å². The third-order valence-corrected chi connectivity index (χ3v) is 7.17. The van der Waals surface area contributed by atoms with E-state index in [4.69, 9.17) is 9.47 Å². The number of nitrogens with one attached hydrogen (secondary N) is 1. The number of phenolic OH excluding ortho intramolecular Hbond substituents is 1. The number of hydrogen-bond donors (Lipinski definition) is 2. The summed E-state index contributed by atoms with van der Waals surface area (Å²) in [6, 6.07) is 19.1. The Balaban J connectivity index is 0.00000280. The molecule has 2 heterocycles. The van der Waals surface area contributed by atoms with E-state index in [1.807, 2.05) is 42.5 Å². The maximum absolute atomic E-state index is 14.8. The number of halogens is 3. The van der Waals surface area contributed by atoms with E-state index < -0.39 is 17.7 Å². The lowest BCUT2D eigenvalue weighted by Crippen LogP contribution is -2.35. The highest BCUT2D eigenvalue weighted by Gasteiger charge is 2.32. The number of rotatable bonds is 5. The van der Waals surface area contributed by atoms with E-state index in [0.717, 1.165) is 46.7 Å². The van der Waals surface area contributed by atoms with Crippen molar-refractivity contribution in [2.75, 3.05) is 13.2 Å². The van der Waals surface area contributed by atoms with Crippen molar-refractivity contribution < 1.29 is 23.4 Å². The molecule has 0 aliphatic carbocycles. The predicted molar refractivity (Wildman–Crippen MR) is 143 cm³/mol. The number of fused-ring (bicyclic) bond motifs is 5. The first kappa shape index (κ1) is 25.3. The minimum Gasteiger partial charge on any atom is -0.508 e. The van der Waals surface area contributed by atoms with Crippen LogP contribution in [-0.4, -0.2) is 24.3 Å². The third-order valence-electron chi connectivity index (χ3n) is 7.17.